The zero-order valence-corrected chi connectivity index (χ0v) is 17.4. The van der Waals surface area contributed by atoms with E-state index in [0.717, 1.165) is 43.4 Å². The van der Waals surface area contributed by atoms with Crippen molar-refractivity contribution in [1.29, 1.82) is 0 Å². The van der Waals surface area contributed by atoms with Gasteiger partial charge in [0.05, 0.1) is 11.7 Å². The lowest BCUT2D eigenvalue weighted by Gasteiger charge is -2.56. The molecular formula is C24H32N2O4. The number of ether oxygens (including phenoxy) is 1. The summed E-state index contributed by atoms with van der Waals surface area (Å²) in [5, 5.41) is 15.7. The van der Waals surface area contributed by atoms with E-state index >= 15 is 0 Å². The number of carbonyl (C=O) groups is 2. The third kappa shape index (κ3) is 4.14. The number of aromatic carboxylic acids is 1. The quantitative estimate of drug-likeness (QED) is 0.671. The first-order chi connectivity index (χ1) is 14.5. The molecule has 0 heterocycles. The number of hydrogen-bond acceptors (Lipinski definition) is 3. The van der Waals surface area contributed by atoms with Crippen molar-refractivity contribution in [3.8, 4) is 5.75 Å². The zero-order chi connectivity index (χ0) is 20.7. The first-order valence-corrected chi connectivity index (χ1v) is 11.5. The molecule has 0 aliphatic heterocycles. The fourth-order valence-electron chi connectivity index (χ4n) is 6.95. The van der Waals surface area contributed by atoms with Crippen molar-refractivity contribution in [3.63, 3.8) is 0 Å². The van der Waals surface area contributed by atoms with E-state index in [9.17, 15) is 9.59 Å². The summed E-state index contributed by atoms with van der Waals surface area (Å²) in [5.41, 5.74) is 0.290. The van der Waals surface area contributed by atoms with E-state index in [4.69, 9.17) is 9.84 Å². The summed E-state index contributed by atoms with van der Waals surface area (Å²) < 4.78 is 6.00. The van der Waals surface area contributed by atoms with Gasteiger partial charge in [0.15, 0.2) is 0 Å². The zero-order valence-electron chi connectivity index (χ0n) is 17.4. The monoisotopic (exact) mass is 412 g/mol. The van der Waals surface area contributed by atoms with Gasteiger partial charge in [0.2, 0.25) is 0 Å². The molecule has 0 radical (unpaired) electrons. The molecular weight excluding hydrogens is 380 g/mol. The number of nitrogens with one attached hydrogen (secondary N) is 2. The molecule has 162 valence electrons. The largest absolute Gasteiger partial charge is 0.490 e. The SMILES string of the molecule is O=C(NC1CCC(Oc2cccc(C(=O)O)c2)CC1)NC12CC3CC(CC(C3)C1)C2. The fraction of sp³-hybridized carbons (Fsp3) is 0.667. The fourth-order valence-corrected chi connectivity index (χ4v) is 6.95. The molecule has 0 unspecified atom stereocenters. The minimum absolute atomic E-state index is 0.00970. The Hall–Kier alpha value is -2.24. The Bertz CT molecular complexity index is 780. The number of rotatable bonds is 5. The molecule has 0 saturated heterocycles. The molecule has 30 heavy (non-hydrogen) atoms. The summed E-state index contributed by atoms with van der Waals surface area (Å²) in [4.78, 5) is 23.9. The highest BCUT2D eigenvalue weighted by atomic mass is 16.5. The van der Waals surface area contributed by atoms with E-state index in [2.05, 4.69) is 10.6 Å². The van der Waals surface area contributed by atoms with Crippen LogP contribution in [0.25, 0.3) is 0 Å². The summed E-state index contributed by atoms with van der Waals surface area (Å²) in [5.74, 6) is 2.13. The topological polar surface area (TPSA) is 87.7 Å². The van der Waals surface area contributed by atoms with Gasteiger partial charge in [-0.25, -0.2) is 9.59 Å². The molecule has 0 atom stereocenters. The van der Waals surface area contributed by atoms with E-state index < -0.39 is 5.97 Å². The average Bonchev–Trinajstić information content (AvgIpc) is 2.68. The number of amides is 2. The van der Waals surface area contributed by atoms with Gasteiger partial charge in [0.1, 0.15) is 5.75 Å². The van der Waals surface area contributed by atoms with Crippen LogP contribution in [-0.2, 0) is 0 Å². The van der Waals surface area contributed by atoms with Gasteiger partial charge in [-0.3, -0.25) is 0 Å². The Balaban J connectivity index is 1.09. The average molecular weight is 413 g/mol. The first-order valence-electron chi connectivity index (χ1n) is 11.5. The molecule has 6 nitrogen and oxygen atoms in total. The van der Waals surface area contributed by atoms with Gasteiger partial charge < -0.3 is 20.5 Å². The molecule has 4 bridgehead atoms. The third-order valence-corrected chi connectivity index (χ3v) is 7.81. The number of carboxylic acids is 1. The van der Waals surface area contributed by atoms with Crippen molar-refractivity contribution in [3.05, 3.63) is 29.8 Å². The van der Waals surface area contributed by atoms with Crippen LogP contribution in [0.3, 0.4) is 0 Å². The van der Waals surface area contributed by atoms with Crippen LogP contribution < -0.4 is 15.4 Å². The van der Waals surface area contributed by atoms with E-state index in [1.165, 1.54) is 38.5 Å². The second-order valence-electron chi connectivity index (χ2n) is 10.2. The lowest BCUT2D eigenvalue weighted by atomic mass is 9.53. The first kappa shape index (κ1) is 19.7. The Morgan fingerprint density at radius 1 is 0.967 bits per heavy atom. The van der Waals surface area contributed by atoms with Gasteiger partial charge in [0.25, 0.3) is 0 Å². The normalized spacial score (nSPS) is 36.9. The predicted molar refractivity (Wildman–Crippen MR) is 113 cm³/mol. The van der Waals surface area contributed by atoms with Crippen LogP contribution in [0.5, 0.6) is 5.75 Å². The van der Waals surface area contributed by atoms with Crippen molar-refractivity contribution in [2.45, 2.75) is 81.9 Å². The second-order valence-corrected chi connectivity index (χ2v) is 10.2. The lowest BCUT2D eigenvalue weighted by Crippen LogP contribution is -2.62. The number of urea groups is 1. The summed E-state index contributed by atoms with van der Waals surface area (Å²) in [7, 11) is 0. The molecule has 5 saturated carbocycles. The van der Waals surface area contributed by atoms with Crippen molar-refractivity contribution in [2.75, 3.05) is 0 Å². The third-order valence-electron chi connectivity index (χ3n) is 7.81. The van der Waals surface area contributed by atoms with Gasteiger partial charge in [-0.2, -0.15) is 0 Å². The maximum atomic E-state index is 12.8. The Morgan fingerprint density at radius 2 is 1.60 bits per heavy atom. The summed E-state index contributed by atoms with van der Waals surface area (Å²) in [6, 6.07) is 6.85. The van der Waals surface area contributed by atoms with Gasteiger partial charge >= 0.3 is 12.0 Å². The van der Waals surface area contributed by atoms with Crippen molar-refractivity contribution in [1.82, 2.24) is 10.6 Å². The molecule has 6 heteroatoms. The van der Waals surface area contributed by atoms with Gasteiger partial charge in [-0.1, -0.05) is 6.07 Å². The van der Waals surface area contributed by atoms with E-state index in [-0.39, 0.29) is 29.3 Å². The number of benzene rings is 1. The lowest BCUT2D eigenvalue weighted by molar-refractivity contribution is -0.0138. The van der Waals surface area contributed by atoms with Crippen LogP contribution in [0, 0.1) is 17.8 Å². The molecule has 5 fully saturated rings. The van der Waals surface area contributed by atoms with E-state index in [1.807, 2.05) is 0 Å². The van der Waals surface area contributed by atoms with Crippen LogP contribution in [0.1, 0.15) is 74.6 Å². The minimum atomic E-state index is -0.946. The molecule has 3 N–H and O–H groups in total. The standard InChI is InChI=1S/C24H32N2O4/c27-22(28)18-2-1-3-21(11-18)30-20-6-4-19(5-7-20)25-23(29)26-24-12-15-8-16(13-24)10-17(9-15)14-24/h1-3,11,15-17,19-20H,4-10,12-14H2,(H,27,28)(H2,25,26,29). The highest BCUT2D eigenvalue weighted by molar-refractivity contribution is 5.88. The molecule has 1 aromatic carbocycles. The van der Waals surface area contributed by atoms with Crippen molar-refractivity contribution < 1.29 is 19.4 Å². The van der Waals surface area contributed by atoms with Gasteiger partial charge in [0, 0.05) is 11.6 Å². The van der Waals surface area contributed by atoms with Crippen LogP contribution in [0.4, 0.5) is 4.79 Å². The smallest absolute Gasteiger partial charge is 0.335 e. The maximum Gasteiger partial charge on any atom is 0.335 e. The summed E-state index contributed by atoms with van der Waals surface area (Å²) in [6.45, 7) is 0. The Labute approximate surface area is 177 Å². The molecule has 2 amide bonds. The molecule has 0 spiro atoms. The van der Waals surface area contributed by atoms with Crippen LogP contribution >= 0.6 is 0 Å². The summed E-state index contributed by atoms with van der Waals surface area (Å²) in [6.07, 6.45) is 11.2. The second kappa shape index (κ2) is 7.78. The maximum absolute atomic E-state index is 12.8. The molecule has 1 aromatic rings. The Morgan fingerprint density at radius 3 is 2.20 bits per heavy atom. The van der Waals surface area contributed by atoms with Crippen molar-refractivity contribution in [2.24, 2.45) is 17.8 Å². The number of hydrogen-bond donors (Lipinski definition) is 3. The molecule has 6 rings (SSSR count). The predicted octanol–water partition coefficient (Wildman–Crippen LogP) is 4.34. The number of carbonyl (C=O) groups excluding carboxylic acids is 1. The van der Waals surface area contributed by atoms with E-state index in [1.54, 1.807) is 24.3 Å². The highest BCUT2D eigenvalue weighted by Gasteiger charge is 2.51. The van der Waals surface area contributed by atoms with Gasteiger partial charge in [-0.15, -0.1) is 0 Å². The molecule has 5 aliphatic rings. The van der Waals surface area contributed by atoms with Gasteiger partial charge in [-0.05, 0) is 100 Å². The Kier molecular flexibility index (Phi) is 5.11. The van der Waals surface area contributed by atoms with Crippen molar-refractivity contribution >= 4 is 12.0 Å². The molecule has 5 aliphatic carbocycles. The van der Waals surface area contributed by atoms with Crippen LogP contribution in [0.15, 0.2) is 24.3 Å². The summed E-state index contributed by atoms with van der Waals surface area (Å²) >= 11 is 0. The molecule has 0 aromatic heterocycles. The van der Waals surface area contributed by atoms with Crippen LogP contribution in [-0.4, -0.2) is 34.8 Å². The van der Waals surface area contributed by atoms with E-state index in [0.29, 0.717) is 5.75 Å². The minimum Gasteiger partial charge on any atom is -0.490 e. The van der Waals surface area contributed by atoms with Crippen LogP contribution in [0.2, 0.25) is 0 Å². The highest BCUT2D eigenvalue weighted by Crippen LogP contribution is 2.55. The number of carboxylic acid groups (broad SMARTS) is 1.